The molecule has 8 heteroatoms. The summed E-state index contributed by atoms with van der Waals surface area (Å²) in [6.45, 7) is 4.24. The van der Waals surface area contributed by atoms with Gasteiger partial charge in [-0.25, -0.2) is 4.79 Å². The van der Waals surface area contributed by atoms with Crippen LogP contribution < -0.4 is 17.0 Å². The summed E-state index contributed by atoms with van der Waals surface area (Å²) >= 11 is 0. The van der Waals surface area contributed by atoms with Crippen molar-refractivity contribution in [3.8, 4) is 0 Å². The van der Waals surface area contributed by atoms with Gasteiger partial charge in [0.2, 0.25) is 5.91 Å². The van der Waals surface area contributed by atoms with E-state index in [0.717, 1.165) is 6.42 Å². The highest BCUT2D eigenvalue weighted by Crippen LogP contribution is 2.28. The van der Waals surface area contributed by atoms with Crippen molar-refractivity contribution in [2.45, 2.75) is 26.3 Å². The fourth-order valence-corrected chi connectivity index (χ4v) is 3.23. The van der Waals surface area contributed by atoms with Gasteiger partial charge in [-0.2, -0.15) is 0 Å². The van der Waals surface area contributed by atoms with Crippen molar-refractivity contribution in [2.24, 2.45) is 11.1 Å². The Balaban J connectivity index is 0.00000225. The molecule has 3 rings (SSSR count). The van der Waals surface area contributed by atoms with Crippen molar-refractivity contribution >= 4 is 29.2 Å². The van der Waals surface area contributed by atoms with Crippen molar-refractivity contribution < 1.29 is 4.79 Å². The second-order valence-electron chi connectivity index (χ2n) is 6.76. The zero-order valence-corrected chi connectivity index (χ0v) is 15.0. The lowest BCUT2D eigenvalue weighted by Crippen LogP contribution is -2.36. The van der Waals surface area contributed by atoms with E-state index in [4.69, 9.17) is 5.73 Å². The second kappa shape index (κ2) is 7.41. The quantitative estimate of drug-likeness (QED) is 0.831. The maximum atomic E-state index is 12.4. The number of carbonyl (C=O) groups excluding carboxylic acids is 1. The highest BCUT2D eigenvalue weighted by molar-refractivity contribution is 5.85. The number of aromatic nitrogens is 2. The maximum absolute atomic E-state index is 12.4. The minimum atomic E-state index is -0.486. The Morgan fingerprint density at radius 1 is 1.32 bits per heavy atom. The first kappa shape index (κ1) is 19.2. The van der Waals surface area contributed by atoms with Crippen LogP contribution in [0.1, 0.15) is 19.8 Å². The fraction of sp³-hybridized carbons (Fsp3) is 0.471. The van der Waals surface area contributed by atoms with Crippen LogP contribution in [0.2, 0.25) is 0 Å². The second-order valence-corrected chi connectivity index (χ2v) is 6.76. The summed E-state index contributed by atoms with van der Waals surface area (Å²) in [5.74, 6) is 0.00866. The summed E-state index contributed by atoms with van der Waals surface area (Å²) in [6.07, 6.45) is 1.12. The Morgan fingerprint density at radius 2 is 2.04 bits per heavy atom. The number of amides is 1. The van der Waals surface area contributed by atoms with E-state index in [1.165, 1.54) is 4.57 Å². The average molecular weight is 367 g/mol. The monoisotopic (exact) mass is 366 g/mol. The maximum Gasteiger partial charge on any atom is 0.328 e. The minimum Gasteiger partial charge on any atom is -0.342 e. The van der Waals surface area contributed by atoms with Crippen LogP contribution in [-0.2, 0) is 11.3 Å². The topological polar surface area (TPSA) is 101 Å². The number of aryl methyl sites for hydroxylation is 1. The minimum absolute atomic E-state index is 0. The zero-order valence-electron chi connectivity index (χ0n) is 14.2. The van der Waals surface area contributed by atoms with Gasteiger partial charge in [0.1, 0.15) is 0 Å². The molecule has 1 amide bonds. The van der Waals surface area contributed by atoms with Crippen molar-refractivity contribution in [1.82, 2.24) is 14.5 Å². The molecule has 1 unspecified atom stereocenters. The largest absolute Gasteiger partial charge is 0.342 e. The molecule has 1 aliphatic heterocycles. The van der Waals surface area contributed by atoms with E-state index in [-0.39, 0.29) is 36.7 Å². The van der Waals surface area contributed by atoms with Gasteiger partial charge in [-0.05, 0) is 30.5 Å². The molecule has 0 spiro atoms. The number of carbonyl (C=O) groups is 1. The van der Waals surface area contributed by atoms with E-state index in [1.54, 1.807) is 24.3 Å². The smallest absolute Gasteiger partial charge is 0.328 e. The molecule has 0 radical (unpaired) electrons. The van der Waals surface area contributed by atoms with Crippen molar-refractivity contribution in [3.63, 3.8) is 0 Å². The molecule has 7 nitrogen and oxygen atoms in total. The molecule has 1 fully saturated rings. The van der Waals surface area contributed by atoms with Gasteiger partial charge >= 0.3 is 5.69 Å². The van der Waals surface area contributed by atoms with Gasteiger partial charge in [0.15, 0.2) is 0 Å². The van der Waals surface area contributed by atoms with Crippen molar-refractivity contribution in [2.75, 3.05) is 19.6 Å². The molecular formula is C17H23ClN4O3. The molecule has 2 aromatic rings. The first-order chi connectivity index (χ1) is 11.4. The number of benzene rings is 1. The SMILES string of the molecule is CC1(CN)CCN(C(=O)CCn2c(=O)[nH]c(=O)c3ccccc32)C1.Cl. The van der Waals surface area contributed by atoms with Crippen LogP contribution >= 0.6 is 12.4 Å². The number of nitrogens with one attached hydrogen (secondary N) is 1. The third kappa shape index (κ3) is 3.77. The summed E-state index contributed by atoms with van der Waals surface area (Å²) in [5.41, 5.74) is 5.41. The molecule has 1 saturated heterocycles. The van der Waals surface area contributed by atoms with E-state index in [0.29, 0.717) is 30.5 Å². The standard InChI is InChI=1S/C17H22N4O3.ClH/c1-17(10-18)7-9-20(11-17)14(22)6-8-21-13-5-3-2-4-12(13)15(23)19-16(21)24;/h2-5H,6-11,18H2,1H3,(H,19,23,24);1H. The third-order valence-corrected chi connectivity index (χ3v) is 4.86. The van der Waals surface area contributed by atoms with E-state index in [1.807, 2.05) is 4.90 Å². The van der Waals surface area contributed by atoms with Crippen LogP contribution in [0.5, 0.6) is 0 Å². The van der Waals surface area contributed by atoms with Gasteiger partial charge in [-0.15, -0.1) is 12.4 Å². The van der Waals surface area contributed by atoms with Crippen molar-refractivity contribution in [3.05, 3.63) is 45.1 Å². The molecule has 136 valence electrons. The van der Waals surface area contributed by atoms with Crippen LogP contribution in [0.3, 0.4) is 0 Å². The lowest BCUT2D eigenvalue weighted by atomic mass is 9.90. The van der Waals surface area contributed by atoms with E-state index >= 15 is 0 Å². The zero-order chi connectivity index (χ0) is 17.3. The Labute approximate surface area is 151 Å². The van der Waals surface area contributed by atoms with Crippen LogP contribution in [-0.4, -0.2) is 40.0 Å². The average Bonchev–Trinajstić information content (AvgIpc) is 2.98. The number of rotatable bonds is 4. The first-order valence-electron chi connectivity index (χ1n) is 8.13. The van der Waals surface area contributed by atoms with Gasteiger partial charge in [-0.1, -0.05) is 19.1 Å². The number of halogens is 1. The van der Waals surface area contributed by atoms with Crippen molar-refractivity contribution in [1.29, 1.82) is 0 Å². The van der Waals surface area contributed by atoms with Crippen LogP contribution in [0.15, 0.2) is 33.9 Å². The molecule has 1 aromatic heterocycles. The van der Waals surface area contributed by atoms with E-state index in [9.17, 15) is 14.4 Å². The van der Waals surface area contributed by atoms with Crippen LogP contribution in [0.4, 0.5) is 0 Å². The van der Waals surface area contributed by atoms with Crippen LogP contribution in [0, 0.1) is 5.41 Å². The summed E-state index contributed by atoms with van der Waals surface area (Å²) in [7, 11) is 0. The molecule has 0 saturated carbocycles. The van der Waals surface area contributed by atoms with Gasteiger partial charge in [0.25, 0.3) is 5.56 Å². The predicted molar refractivity (Wildman–Crippen MR) is 99.1 cm³/mol. The number of hydrogen-bond donors (Lipinski definition) is 2. The number of H-pyrrole nitrogens is 1. The number of aromatic amines is 1. The Kier molecular flexibility index (Phi) is 5.69. The number of nitrogens with zero attached hydrogens (tertiary/aromatic N) is 2. The molecule has 0 aliphatic carbocycles. The summed E-state index contributed by atoms with van der Waals surface area (Å²) in [5, 5.41) is 0.446. The van der Waals surface area contributed by atoms with E-state index in [2.05, 4.69) is 11.9 Å². The summed E-state index contributed by atoms with van der Waals surface area (Å²) in [6, 6.07) is 6.90. The number of para-hydroxylation sites is 1. The van der Waals surface area contributed by atoms with Crippen LogP contribution in [0.25, 0.3) is 10.9 Å². The molecule has 0 bridgehead atoms. The molecule has 2 heterocycles. The normalized spacial score (nSPS) is 19.8. The number of likely N-dealkylation sites (tertiary alicyclic amines) is 1. The molecular weight excluding hydrogens is 344 g/mol. The van der Waals surface area contributed by atoms with Gasteiger partial charge < -0.3 is 10.6 Å². The first-order valence-corrected chi connectivity index (χ1v) is 8.13. The highest BCUT2D eigenvalue weighted by Gasteiger charge is 2.34. The number of fused-ring (bicyclic) bond motifs is 1. The Hall–Kier alpha value is -2.12. The predicted octanol–water partition coefficient (Wildman–Crippen LogP) is 0.699. The van der Waals surface area contributed by atoms with Gasteiger partial charge in [0, 0.05) is 26.1 Å². The van der Waals surface area contributed by atoms with Gasteiger partial charge in [-0.3, -0.25) is 19.1 Å². The lowest BCUT2D eigenvalue weighted by Gasteiger charge is -2.22. The molecule has 1 aromatic carbocycles. The Morgan fingerprint density at radius 3 is 2.72 bits per heavy atom. The Bertz CT molecular complexity index is 891. The molecule has 1 aliphatic rings. The molecule has 3 N–H and O–H groups in total. The lowest BCUT2D eigenvalue weighted by molar-refractivity contribution is -0.130. The molecule has 1 atom stereocenters. The highest BCUT2D eigenvalue weighted by atomic mass is 35.5. The third-order valence-electron chi connectivity index (χ3n) is 4.86. The molecule has 25 heavy (non-hydrogen) atoms. The number of nitrogens with two attached hydrogens (primary N) is 1. The van der Waals surface area contributed by atoms with Gasteiger partial charge in [0.05, 0.1) is 10.9 Å². The van der Waals surface area contributed by atoms with E-state index < -0.39 is 11.2 Å². The summed E-state index contributed by atoms with van der Waals surface area (Å²) in [4.78, 5) is 40.5. The summed E-state index contributed by atoms with van der Waals surface area (Å²) < 4.78 is 1.45. The number of hydrogen-bond acceptors (Lipinski definition) is 4. The fourth-order valence-electron chi connectivity index (χ4n) is 3.23.